The monoisotopic (exact) mass is 237 g/mol. The summed E-state index contributed by atoms with van der Waals surface area (Å²) >= 11 is 0. The van der Waals surface area contributed by atoms with E-state index in [2.05, 4.69) is 22.0 Å². The number of likely N-dealkylation sites (N-methyl/N-ethyl adjacent to an activating group) is 1. The van der Waals surface area contributed by atoms with Gasteiger partial charge >= 0.3 is 0 Å². The van der Waals surface area contributed by atoms with E-state index < -0.39 is 0 Å². The van der Waals surface area contributed by atoms with E-state index in [-0.39, 0.29) is 5.82 Å². The Morgan fingerprint density at radius 3 is 2.47 bits per heavy atom. The minimum Gasteiger partial charge on any atom is -0.388 e. The molecule has 3 nitrogen and oxygen atoms in total. The summed E-state index contributed by atoms with van der Waals surface area (Å²) in [5.41, 5.74) is 1.54. The molecule has 0 aromatic heterocycles. The second kappa shape index (κ2) is 5.36. The Morgan fingerprint density at radius 1 is 1.24 bits per heavy atom. The van der Waals surface area contributed by atoms with Gasteiger partial charge in [0.15, 0.2) is 0 Å². The topological polar surface area (TPSA) is 18.5 Å². The highest BCUT2D eigenvalue weighted by atomic mass is 19.1. The fourth-order valence-corrected chi connectivity index (χ4v) is 2.22. The number of hydrogen-bond donors (Lipinski definition) is 1. The highest BCUT2D eigenvalue weighted by molar-refractivity contribution is 5.56. The summed E-state index contributed by atoms with van der Waals surface area (Å²) < 4.78 is 13.9. The normalized spacial score (nSPS) is 17.2. The number of benzene rings is 1. The van der Waals surface area contributed by atoms with Crippen molar-refractivity contribution in [3.63, 3.8) is 0 Å². The first-order valence-corrected chi connectivity index (χ1v) is 6.19. The molecule has 1 aromatic rings. The molecule has 0 atom stereocenters. The fraction of sp³-hybridized carbons (Fsp3) is 0.538. The van der Waals surface area contributed by atoms with Crippen molar-refractivity contribution in [3.8, 4) is 0 Å². The van der Waals surface area contributed by atoms with Crippen LogP contribution in [0, 0.1) is 5.82 Å². The molecule has 0 radical (unpaired) electrons. The van der Waals surface area contributed by atoms with Crippen LogP contribution in [-0.4, -0.2) is 44.7 Å². The summed E-state index contributed by atoms with van der Waals surface area (Å²) in [5, 5.41) is 2.95. The van der Waals surface area contributed by atoms with E-state index in [4.69, 9.17) is 0 Å². The van der Waals surface area contributed by atoms with E-state index >= 15 is 0 Å². The molecule has 1 aliphatic heterocycles. The molecule has 0 amide bonds. The maximum atomic E-state index is 13.9. The van der Waals surface area contributed by atoms with E-state index in [1.165, 1.54) is 0 Å². The molecule has 4 heteroatoms. The SMILES string of the molecule is CCN1CCN(c2ccc(NC)cc2F)CC1. The van der Waals surface area contributed by atoms with Gasteiger partial charge in [0.05, 0.1) is 5.69 Å². The molecule has 1 N–H and O–H groups in total. The van der Waals surface area contributed by atoms with E-state index in [1.807, 2.05) is 12.1 Å². The first kappa shape index (κ1) is 12.2. The average molecular weight is 237 g/mol. The zero-order chi connectivity index (χ0) is 12.3. The average Bonchev–Trinajstić information content (AvgIpc) is 2.39. The summed E-state index contributed by atoms with van der Waals surface area (Å²) in [6, 6.07) is 5.34. The number of nitrogens with zero attached hydrogens (tertiary/aromatic N) is 2. The maximum absolute atomic E-state index is 13.9. The van der Waals surface area contributed by atoms with Crippen molar-refractivity contribution < 1.29 is 4.39 Å². The minimum atomic E-state index is -0.137. The van der Waals surface area contributed by atoms with Crippen LogP contribution < -0.4 is 10.2 Å². The molecule has 1 aliphatic rings. The van der Waals surface area contributed by atoms with Crippen LogP contribution in [0.25, 0.3) is 0 Å². The molecular weight excluding hydrogens is 217 g/mol. The van der Waals surface area contributed by atoms with Crippen molar-refractivity contribution in [1.82, 2.24) is 4.90 Å². The van der Waals surface area contributed by atoms with Gasteiger partial charge in [-0.15, -0.1) is 0 Å². The van der Waals surface area contributed by atoms with Crippen molar-refractivity contribution in [2.45, 2.75) is 6.92 Å². The Morgan fingerprint density at radius 2 is 1.94 bits per heavy atom. The van der Waals surface area contributed by atoms with E-state index in [0.717, 1.165) is 44.1 Å². The zero-order valence-electron chi connectivity index (χ0n) is 10.5. The molecule has 17 heavy (non-hydrogen) atoms. The predicted molar refractivity (Wildman–Crippen MR) is 70.3 cm³/mol. The molecule has 0 aliphatic carbocycles. The fourth-order valence-electron chi connectivity index (χ4n) is 2.22. The van der Waals surface area contributed by atoms with E-state index in [9.17, 15) is 4.39 Å². The Hall–Kier alpha value is -1.29. The lowest BCUT2D eigenvalue weighted by molar-refractivity contribution is 0.270. The quantitative estimate of drug-likeness (QED) is 0.867. The van der Waals surface area contributed by atoms with Gasteiger partial charge in [0.25, 0.3) is 0 Å². The summed E-state index contributed by atoms with van der Waals surface area (Å²) in [6.45, 7) is 7.09. The van der Waals surface area contributed by atoms with Gasteiger partial charge in [-0.05, 0) is 24.7 Å². The Bertz CT molecular complexity index is 373. The molecule has 94 valence electrons. The molecule has 1 heterocycles. The third-order valence-corrected chi connectivity index (χ3v) is 3.40. The standard InChI is InChI=1S/C13H20FN3/c1-3-16-6-8-17(9-7-16)13-5-4-11(15-2)10-12(13)14/h4-5,10,15H,3,6-9H2,1-2H3. The van der Waals surface area contributed by atoms with Gasteiger partial charge in [0.2, 0.25) is 0 Å². The molecule has 0 unspecified atom stereocenters. The van der Waals surface area contributed by atoms with Gasteiger partial charge in [0.1, 0.15) is 5.82 Å². The number of anilines is 2. The number of halogens is 1. The molecule has 1 fully saturated rings. The summed E-state index contributed by atoms with van der Waals surface area (Å²) in [4.78, 5) is 4.51. The van der Waals surface area contributed by atoms with Crippen LogP contribution in [0.2, 0.25) is 0 Å². The Kier molecular flexibility index (Phi) is 3.84. The van der Waals surface area contributed by atoms with Crippen molar-refractivity contribution >= 4 is 11.4 Å². The van der Waals surface area contributed by atoms with Crippen molar-refractivity contribution in [3.05, 3.63) is 24.0 Å². The van der Waals surface area contributed by atoms with Crippen LogP contribution in [0.5, 0.6) is 0 Å². The van der Waals surface area contributed by atoms with Crippen molar-refractivity contribution in [2.24, 2.45) is 0 Å². The van der Waals surface area contributed by atoms with Crippen LogP contribution in [-0.2, 0) is 0 Å². The lowest BCUT2D eigenvalue weighted by Crippen LogP contribution is -2.46. The van der Waals surface area contributed by atoms with Gasteiger partial charge in [-0.3, -0.25) is 0 Å². The smallest absolute Gasteiger partial charge is 0.148 e. The second-order valence-corrected chi connectivity index (χ2v) is 4.34. The first-order valence-electron chi connectivity index (χ1n) is 6.19. The molecule has 0 saturated carbocycles. The third kappa shape index (κ3) is 2.69. The number of piperazine rings is 1. The van der Waals surface area contributed by atoms with Crippen LogP contribution in [0.1, 0.15) is 6.92 Å². The zero-order valence-corrected chi connectivity index (χ0v) is 10.5. The first-order chi connectivity index (χ1) is 8.24. The van der Waals surface area contributed by atoms with Crippen molar-refractivity contribution in [2.75, 3.05) is 50.0 Å². The highest BCUT2D eigenvalue weighted by Gasteiger charge is 2.18. The summed E-state index contributed by atoms with van der Waals surface area (Å²) in [5.74, 6) is -0.137. The van der Waals surface area contributed by atoms with E-state index in [1.54, 1.807) is 13.1 Å². The summed E-state index contributed by atoms with van der Waals surface area (Å²) in [7, 11) is 1.80. The second-order valence-electron chi connectivity index (χ2n) is 4.34. The molecule has 2 rings (SSSR count). The minimum absolute atomic E-state index is 0.137. The lowest BCUT2D eigenvalue weighted by Gasteiger charge is -2.35. The maximum Gasteiger partial charge on any atom is 0.148 e. The molecule has 1 saturated heterocycles. The van der Waals surface area contributed by atoms with Crippen LogP contribution in [0.15, 0.2) is 18.2 Å². The van der Waals surface area contributed by atoms with Crippen LogP contribution in [0.4, 0.5) is 15.8 Å². The molecular formula is C13H20FN3. The molecule has 0 spiro atoms. The van der Waals surface area contributed by atoms with Crippen LogP contribution in [0.3, 0.4) is 0 Å². The molecule has 0 bridgehead atoms. The lowest BCUT2D eigenvalue weighted by atomic mass is 10.2. The third-order valence-electron chi connectivity index (χ3n) is 3.40. The number of rotatable bonds is 3. The van der Waals surface area contributed by atoms with Gasteiger partial charge < -0.3 is 15.1 Å². The molecule has 1 aromatic carbocycles. The van der Waals surface area contributed by atoms with E-state index in [0.29, 0.717) is 0 Å². The summed E-state index contributed by atoms with van der Waals surface area (Å²) in [6.07, 6.45) is 0. The largest absolute Gasteiger partial charge is 0.388 e. The van der Waals surface area contributed by atoms with Gasteiger partial charge in [-0.2, -0.15) is 0 Å². The number of hydrogen-bond acceptors (Lipinski definition) is 3. The van der Waals surface area contributed by atoms with Gasteiger partial charge in [0, 0.05) is 38.9 Å². The Balaban J connectivity index is 2.08. The van der Waals surface area contributed by atoms with Crippen molar-refractivity contribution in [1.29, 1.82) is 0 Å². The predicted octanol–water partition coefficient (Wildman–Crippen LogP) is 2.01. The Labute approximate surface area is 102 Å². The highest BCUT2D eigenvalue weighted by Crippen LogP contribution is 2.23. The van der Waals surface area contributed by atoms with Gasteiger partial charge in [-0.1, -0.05) is 6.92 Å². The van der Waals surface area contributed by atoms with Gasteiger partial charge in [-0.25, -0.2) is 4.39 Å². The van der Waals surface area contributed by atoms with Crippen LogP contribution >= 0.6 is 0 Å². The number of nitrogens with one attached hydrogen (secondary N) is 1.